The molecule has 178 valence electrons. The van der Waals surface area contributed by atoms with Crippen molar-refractivity contribution in [3.63, 3.8) is 0 Å². The van der Waals surface area contributed by atoms with E-state index in [4.69, 9.17) is 26.7 Å². The van der Waals surface area contributed by atoms with Crippen molar-refractivity contribution in [1.82, 2.24) is 15.0 Å². The standard InChI is InChI=1S/C26H17ClF2N6O/c27-22-9-16(24-18(28)2-1-3-19(24)29)15-6-4-13-11-32-26(35-25(13)17(15)12-31-22)33-14-5-7-21-20(8-14)34-23(10-30)36-21/h1-3,5-9,11-12H,4,10,30H2,(H,32,33,35). The topological polar surface area (TPSA) is 102 Å². The van der Waals surface area contributed by atoms with Gasteiger partial charge in [-0.3, -0.25) is 0 Å². The normalized spacial score (nSPS) is 14.8. The number of hydrogen-bond donors (Lipinski definition) is 2. The van der Waals surface area contributed by atoms with Crippen molar-refractivity contribution in [2.24, 2.45) is 10.7 Å². The number of benzene rings is 2. The van der Waals surface area contributed by atoms with E-state index in [0.29, 0.717) is 57.5 Å². The van der Waals surface area contributed by atoms with Crippen molar-refractivity contribution in [2.75, 3.05) is 5.32 Å². The van der Waals surface area contributed by atoms with Crippen LogP contribution in [0.15, 0.2) is 75.9 Å². The first kappa shape index (κ1) is 22.3. The van der Waals surface area contributed by atoms with Crippen molar-refractivity contribution >= 4 is 50.7 Å². The zero-order valence-corrected chi connectivity index (χ0v) is 19.4. The van der Waals surface area contributed by atoms with Gasteiger partial charge in [0.2, 0.25) is 11.8 Å². The number of fused-ring (bicyclic) bond motifs is 4. The highest BCUT2D eigenvalue weighted by molar-refractivity contribution is 6.69. The number of nitrogens with one attached hydrogen (secondary N) is 1. The summed E-state index contributed by atoms with van der Waals surface area (Å²) in [6.45, 7) is 0.204. The van der Waals surface area contributed by atoms with Gasteiger partial charge in [-0.15, -0.1) is 0 Å². The van der Waals surface area contributed by atoms with Crippen molar-refractivity contribution in [2.45, 2.75) is 13.0 Å². The first-order chi connectivity index (χ1) is 17.5. The van der Waals surface area contributed by atoms with Gasteiger partial charge in [0.05, 0.1) is 17.8 Å². The lowest BCUT2D eigenvalue weighted by Crippen LogP contribution is -2.10. The molecule has 2 aliphatic rings. The molecule has 0 spiro atoms. The summed E-state index contributed by atoms with van der Waals surface area (Å²) in [5, 5.41) is 3.28. The van der Waals surface area contributed by atoms with Gasteiger partial charge in [-0.25, -0.2) is 28.7 Å². The van der Waals surface area contributed by atoms with E-state index in [1.165, 1.54) is 24.3 Å². The fourth-order valence-corrected chi connectivity index (χ4v) is 4.43. The quantitative estimate of drug-likeness (QED) is 0.373. The van der Waals surface area contributed by atoms with Gasteiger partial charge in [0.25, 0.3) is 0 Å². The Morgan fingerprint density at radius 1 is 1.06 bits per heavy atom. The summed E-state index contributed by atoms with van der Waals surface area (Å²) in [7, 11) is 0. The highest BCUT2D eigenvalue weighted by Crippen LogP contribution is 2.41. The van der Waals surface area contributed by atoms with Crippen LogP contribution in [-0.4, -0.2) is 20.1 Å². The molecule has 0 unspecified atom stereocenters. The van der Waals surface area contributed by atoms with Crippen molar-refractivity contribution in [3.05, 3.63) is 101 Å². The monoisotopic (exact) mass is 502 g/mol. The van der Waals surface area contributed by atoms with E-state index >= 15 is 0 Å². The second kappa shape index (κ2) is 8.78. The number of nitrogens with two attached hydrogens (primary N) is 1. The number of halogens is 3. The third kappa shape index (κ3) is 3.88. The van der Waals surface area contributed by atoms with Crippen LogP contribution in [0, 0.1) is 11.6 Å². The minimum atomic E-state index is -0.690. The van der Waals surface area contributed by atoms with Gasteiger partial charge in [-0.1, -0.05) is 23.7 Å². The molecule has 0 bridgehead atoms. The van der Waals surface area contributed by atoms with E-state index in [1.54, 1.807) is 18.5 Å². The number of nitrogens with zero attached hydrogens (tertiary/aromatic N) is 4. The molecule has 0 amide bonds. The maximum absolute atomic E-state index is 14.7. The summed E-state index contributed by atoms with van der Waals surface area (Å²) in [5.74, 6) is -0.602. The molecule has 0 saturated carbocycles. The van der Waals surface area contributed by atoms with E-state index in [2.05, 4.69) is 20.3 Å². The Balaban J connectivity index is 1.39. The van der Waals surface area contributed by atoms with Crippen molar-refractivity contribution < 1.29 is 13.2 Å². The highest BCUT2D eigenvalue weighted by Gasteiger charge is 2.27. The van der Waals surface area contributed by atoms with Gasteiger partial charge < -0.3 is 15.5 Å². The molecule has 3 heterocycles. The summed E-state index contributed by atoms with van der Waals surface area (Å²) in [6, 6.07) is 9.15. The number of oxazole rings is 1. The molecule has 7 nitrogen and oxygen atoms in total. The fraction of sp³-hybridized carbons (Fsp3) is 0.0769. The molecule has 4 aromatic rings. The Morgan fingerprint density at radius 3 is 2.69 bits per heavy atom. The molecule has 10 heteroatoms. The molecule has 6 rings (SSSR count). The molecule has 2 aromatic heterocycles. The van der Waals surface area contributed by atoms with Gasteiger partial charge in [0.15, 0.2) is 5.58 Å². The maximum Gasteiger partial charge on any atom is 0.227 e. The average Bonchev–Trinajstić information content (AvgIpc) is 3.21. The number of aromatic nitrogens is 3. The molecule has 36 heavy (non-hydrogen) atoms. The summed E-state index contributed by atoms with van der Waals surface area (Å²) in [5.41, 5.74) is 10.3. The van der Waals surface area contributed by atoms with E-state index < -0.39 is 11.6 Å². The Bertz CT molecular complexity index is 1650. The first-order valence-electron chi connectivity index (χ1n) is 11.0. The van der Waals surface area contributed by atoms with E-state index in [9.17, 15) is 8.78 Å². The number of rotatable bonds is 4. The van der Waals surface area contributed by atoms with E-state index in [-0.39, 0.29) is 17.3 Å². The lowest BCUT2D eigenvalue weighted by atomic mass is 9.84. The lowest BCUT2D eigenvalue weighted by molar-refractivity contribution is 0.533. The number of allylic oxidation sites excluding steroid dienone is 5. The summed E-state index contributed by atoms with van der Waals surface area (Å²) >= 11 is 6.25. The van der Waals surface area contributed by atoms with Gasteiger partial charge >= 0.3 is 0 Å². The maximum atomic E-state index is 14.7. The molecule has 0 fully saturated rings. The predicted molar refractivity (Wildman–Crippen MR) is 135 cm³/mol. The third-order valence-electron chi connectivity index (χ3n) is 5.90. The van der Waals surface area contributed by atoms with Crippen LogP contribution in [0.3, 0.4) is 0 Å². The molecule has 0 atom stereocenters. The van der Waals surface area contributed by atoms with Crippen LogP contribution >= 0.6 is 11.6 Å². The highest BCUT2D eigenvalue weighted by atomic mass is 35.5. The third-order valence-corrected chi connectivity index (χ3v) is 6.11. The Kier molecular flexibility index (Phi) is 5.43. The zero-order valence-electron chi connectivity index (χ0n) is 18.6. The van der Waals surface area contributed by atoms with Gasteiger partial charge in [0, 0.05) is 29.2 Å². The Morgan fingerprint density at radius 2 is 1.89 bits per heavy atom. The number of anilines is 2. The van der Waals surface area contributed by atoms with Crippen LogP contribution in [0.5, 0.6) is 0 Å². The summed E-state index contributed by atoms with van der Waals surface area (Å²) in [6.07, 6.45) is 7.08. The summed E-state index contributed by atoms with van der Waals surface area (Å²) < 4.78 is 35.0. The van der Waals surface area contributed by atoms with Crippen molar-refractivity contribution in [1.29, 1.82) is 0 Å². The fourth-order valence-electron chi connectivity index (χ4n) is 4.28. The minimum absolute atomic E-state index is 0.0992. The molecule has 1 aliphatic carbocycles. The molecule has 0 saturated heterocycles. The van der Waals surface area contributed by atoms with Crippen LogP contribution in [0.1, 0.15) is 22.7 Å². The molecule has 1 aliphatic heterocycles. The van der Waals surface area contributed by atoms with Crippen molar-refractivity contribution in [3.8, 4) is 0 Å². The van der Waals surface area contributed by atoms with Gasteiger partial charge in [-0.05, 0) is 54.0 Å². The van der Waals surface area contributed by atoms with Crippen LogP contribution in [-0.2, 0) is 13.0 Å². The number of hydrogen-bond acceptors (Lipinski definition) is 7. The second-order valence-corrected chi connectivity index (χ2v) is 8.55. The van der Waals surface area contributed by atoms with Gasteiger partial charge in [-0.2, -0.15) is 0 Å². The van der Waals surface area contributed by atoms with Crippen LogP contribution in [0.25, 0.3) is 22.2 Å². The number of aliphatic imine (C=N–C) groups is 1. The first-order valence-corrected chi connectivity index (χ1v) is 11.4. The molecule has 3 N–H and O–H groups in total. The molecular formula is C26H17ClF2N6O. The predicted octanol–water partition coefficient (Wildman–Crippen LogP) is 5.66. The smallest absolute Gasteiger partial charge is 0.227 e. The van der Waals surface area contributed by atoms with Crippen LogP contribution < -0.4 is 11.1 Å². The summed E-state index contributed by atoms with van der Waals surface area (Å²) in [4.78, 5) is 17.7. The molecule has 2 aromatic carbocycles. The van der Waals surface area contributed by atoms with Gasteiger partial charge in [0.1, 0.15) is 22.3 Å². The average molecular weight is 503 g/mol. The van der Waals surface area contributed by atoms with E-state index in [0.717, 1.165) is 5.56 Å². The second-order valence-electron chi connectivity index (χ2n) is 8.16. The van der Waals surface area contributed by atoms with Crippen LogP contribution in [0.4, 0.5) is 20.4 Å². The van der Waals surface area contributed by atoms with Crippen LogP contribution in [0.2, 0.25) is 0 Å². The zero-order chi connectivity index (χ0) is 24.8. The molecule has 0 radical (unpaired) electrons. The lowest BCUT2D eigenvalue weighted by Gasteiger charge is -2.22. The molecular weight excluding hydrogens is 486 g/mol. The van der Waals surface area contributed by atoms with E-state index in [1.807, 2.05) is 18.2 Å². The Hall–Kier alpha value is -4.21. The largest absolute Gasteiger partial charge is 0.439 e. The minimum Gasteiger partial charge on any atom is -0.439 e. The Labute approximate surface area is 208 Å². The SMILES string of the molecule is NCc1nc2cc(Nc3ncc4c(n3)C3=CN=C(Cl)C=C(c5c(F)cccc5F)C3=CC4)ccc2o1.